The molecule has 4 atom stereocenters. The lowest BCUT2D eigenvalue weighted by atomic mass is 9.98. The van der Waals surface area contributed by atoms with E-state index in [0.29, 0.717) is 5.56 Å². The van der Waals surface area contributed by atoms with Crippen molar-refractivity contribution in [3.05, 3.63) is 75.8 Å². The van der Waals surface area contributed by atoms with Gasteiger partial charge in [-0.2, -0.15) is 0 Å². The monoisotopic (exact) mass is 497 g/mol. The lowest BCUT2D eigenvalue weighted by molar-refractivity contribution is -0.384. The first kappa shape index (κ1) is 22.8. The van der Waals surface area contributed by atoms with E-state index in [9.17, 15) is 29.3 Å². The average Bonchev–Trinajstić information content (AvgIpc) is 3.31. The molecule has 0 bridgehead atoms. The molecule has 3 saturated heterocycles. The Labute approximate surface area is 202 Å². The number of rotatable bonds is 7. The second-order valence-electron chi connectivity index (χ2n) is 8.31. The van der Waals surface area contributed by atoms with Crippen LogP contribution in [0.3, 0.4) is 0 Å². The summed E-state index contributed by atoms with van der Waals surface area (Å²) in [7, 11) is 0. The Morgan fingerprint density at radius 3 is 2.54 bits per heavy atom. The number of non-ortho nitro benzene ring substituents is 1. The molecule has 0 unspecified atom stereocenters. The minimum atomic E-state index is -1.90. The van der Waals surface area contributed by atoms with Gasteiger partial charge < -0.3 is 14.8 Å². The molecule has 2 aromatic rings. The van der Waals surface area contributed by atoms with Gasteiger partial charge in [0.05, 0.1) is 23.0 Å². The van der Waals surface area contributed by atoms with Crippen molar-refractivity contribution in [2.24, 2.45) is 0 Å². The summed E-state index contributed by atoms with van der Waals surface area (Å²) >= 11 is 1.22. The van der Waals surface area contributed by atoms with Crippen LogP contribution in [0.25, 0.3) is 0 Å². The molecular weight excluding hydrogens is 478 g/mol. The van der Waals surface area contributed by atoms with Crippen molar-refractivity contribution >= 4 is 41.2 Å². The molecule has 1 N–H and O–H groups in total. The highest BCUT2D eigenvalue weighted by Crippen LogP contribution is 2.55. The van der Waals surface area contributed by atoms with Crippen LogP contribution in [0, 0.1) is 10.1 Å². The van der Waals surface area contributed by atoms with Crippen LogP contribution in [0.1, 0.15) is 17.5 Å². The fourth-order valence-corrected chi connectivity index (χ4v) is 6.15. The number of hydrogen-bond donors (Lipinski definition) is 1. The van der Waals surface area contributed by atoms with Crippen LogP contribution in [0.15, 0.2) is 54.6 Å². The topological polar surface area (TPSA) is 145 Å². The lowest BCUT2D eigenvalue weighted by Crippen LogP contribution is -2.75. The summed E-state index contributed by atoms with van der Waals surface area (Å²) in [6.45, 7) is -0.225. The molecule has 3 aliphatic rings. The van der Waals surface area contributed by atoms with Crippen LogP contribution in [0.2, 0.25) is 0 Å². The van der Waals surface area contributed by atoms with E-state index in [0.717, 1.165) is 5.56 Å². The quantitative estimate of drug-likeness (QED) is 0.259. The summed E-state index contributed by atoms with van der Waals surface area (Å²) in [5.74, 6) is -2.39. The molecule has 0 spiro atoms. The highest BCUT2D eigenvalue weighted by molar-refractivity contribution is 8.01. The maximum absolute atomic E-state index is 13.1. The lowest BCUT2D eigenvalue weighted by Gasteiger charge is -2.47. The summed E-state index contributed by atoms with van der Waals surface area (Å²) in [6, 6.07) is 13.7. The predicted octanol–water partition coefficient (Wildman–Crippen LogP) is 1.29. The molecule has 2 aromatic carbocycles. The number of ether oxygens (including phenoxy) is 2. The van der Waals surface area contributed by atoms with Gasteiger partial charge in [0, 0.05) is 12.1 Å². The number of hydrogen-bond acceptors (Lipinski definition) is 9. The second-order valence-corrected chi connectivity index (χ2v) is 9.63. The summed E-state index contributed by atoms with van der Waals surface area (Å²) in [6.07, 6.45) is 0.0190. The van der Waals surface area contributed by atoms with Crippen LogP contribution in [0.4, 0.5) is 5.69 Å². The third kappa shape index (κ3) is 3.89. The van der Waals surface area contributed by atoms with E-state index in [1.807, 2.05) is 18.2 Å². The van der Waals surface area contributed by atoms with Crippen LogP contribution in [-0.4, -0.2) is 56.0 Å². The first-order valence-electron chi connectivity index (χ1n) is 10.7. The number of nitrogens with zero attached hydrogens (tertiary/aromatic N) is 2. The molecule has 0 radical (unpaired) electrons. The van der Waals surface area contributed by atoms with E-state index in [2.05, 4.69) is 5.32 Å². The standard InChI is InChI=1S/C23H19N3O8S/c27-17(10-13-4-2-1-3-5-13)24-19-20(29)25-21(19)35-16-11-18(28)34-23(16,25)22(30)33-12-14-6-8-15(9-7-14)26(31)32/h1-9,16,19,21H,10-12H2,(H,24,27)/t16-,19-,21-,23-/m1/s1. The van der Waals surface area contributed by atoms with Crippen molar-refractivity contribution in [2.75, 3.05) is 0 Å². The highest BCUT2D eigenvalue weighted by Gasteiger charge is 2.75. The van der Waals surface area contributed by atoms with Gasteiger partial charge in [-0.3, -0.25) is 29.4 Å². The SMILES string of the molecule is O=C(Cc1ccccc1)N[C@@H]1C(=O)N2[C@@H]1S[C@@H]1CC(=O)O[C@@]12C(=O)OCc1ccc([N+](=O)[O-])cc1. The van der Waals surface area contributed by atoms with Crippen molar-refractivity contribution in [1.29, 1.82) is 0 Å². The van der Waals surface area contributed by atoms with Crippen molar-refractivity contribution in [3.8, 4) is 0 Å². The molecule has 3 heterocycles. The number of fused-ring (bicyclic) bond motifs is 3. The van der Waals surface area contributed by atoms with Crippen LogP contribution in [-0.2, 0) is 41.7 Å². The Kier molecular flexibility index (Phi) is 5.67. The summed E-state index contributed by atoms with van der Waals surface area (Å²) in [5.41, 5.74) is -0.718. The molecule has 180 valence electrons. The number of esters is 2. The molecule has 11 nitrogen and oxygen atoms in total. The molecule has 12 heteroatoms. The smallest absolute Gasteiger partial charge is 0.374 e. The van der Waals surface area contributed by atoms with E-state index in [1.165, 1.54) is 40.9 Å². The van der Waals surface area contributed by atoms with Gasteiger partial charge in [0.2, 0.25) is 5.91 Å². The normalized spacial score (nSPS) is 26.3. The zero-order chi connectivity index (χ0) is 24.7. The molecule has 2 amide bonds. The largest absolute Gasteiger partial charge is 0.456 e. The first-order valence-corrected chi connectivity index (χ1v) is 11.7. The van der Waals surface area contributed by atoms with E-state index < -0.39 is 45.2 Å². The molecule has 0 aliphatic carbocycles. The van der Waals surface area contributed by atoms with E-state index in [-0.39, 0.29) is 31.0 Å². The minimum Gasteiger partial charge on any atom is -0.456 e. The Balaban J connectivity index is 1.27. The van der Waals surface area contributed by atoms with Gasteiger partial charge in [-0.05, 0) is 23.3 Å². The van der Waals surface area contributed by atoms with E-state index >= 15 is 0 Å². The third-order valence-corrected chi connectivity index (χ3v) is 7.67. The number of amides is 2. The third-order valence-electron chi connectivity index (χ3n) is 6.10. The number of carbonyl (C=O) groups is 4. The molecule has 3 aliphatic heterocycles. The van der Waals surface area contributed by atoms with Crippen molar-refractivity contribution in [3.63, 3.8) is 0 Å². The van der Waals surface area contributed by atoms with Gasteiger partial charge in [0.15, 0.2) is 0 Å². The predicted molar refractivity (Wildman–Crippen MR) is 120 cm³/mol. The number of nitro benzene ring substituents is 1. The van der Waals surface area contributed by atoms with E-state index in [4.69, 9.17) is 9.47 Å². The molecule has 5 rings (SSSR count). The summed E-state index contributed by atoms with van der Waals surface area (Å²) in [5, 5.41) is 12.3. The van der Waals surface area contributed by atoms with Gasteiger partial charge in [0.1, 0.15) is 18.0 Å². The fourth-order valence-electron chi connectivity index (χ4n) is 4.42. The van der Waals surface area contributed by atoms with Crippen molar-refractivity contribution in [2.45, 2.75) is 41.8 Å². The van der Waals surface area contributed by atoms with Gasteiger partial charge in [-0.15, -0.1) is 11.8 Å². The average molecular weight is 497 g/mol. The van der Waals surface area contributed by atoms with Crippen LogP contribution in [0.5, 0.6) is 0 Å². The van der Waals surface area contributed by atoms with Crippen LogP contribution < -0.4 is 5.32 Å². The molecule has 3 fully saturated rings. The Bertz CT molecular complexity index is 1220. The zero-order valence-electron chi connectivity index (χ0n) is 18.1. The Morgan fingerprint density at radius 2 is 1.86 bits per heavy atom. The number of nitro groups is 1. The summed E-state index contributed by atoms with van der Waals surface area (Å²) < 4.78 is 10.8. The van der Waals surface area contributed by atoms with Gasteiger partial charge >= 0.3 is 11.9 Å². The van der Waals surface area contributed by atoms with Gasteiger partial charge in [0.25, 0.3) is 17.3 Å². The van der Waals surface area contributed by atoms with Crippen molar-refractivity contribution in [1.82, 2.24) is 10.2 Å². The number of thioether (sulfide) groups is 1. The number of nitrogens with one attached hydrogen (secondary N) is 1. The number of carbonyl (C=O) groups excluding carboxylic acids is 4. The minimum absolute atomic E-state index is 0.0811. The van der Waals surface area contributed by atoms with Gasteiger partial charge in [-0.1, -0.05) is 30.3 Å². The maximum atomic E-state index is 13.1. The second kappa shape index (κ2) is 8.69. The zero-order valence-corrected chi connectivity index (χ0v) is 18.9. The molecule has 35 heavy (non-hydrogen) atoms. The fraction of sp³-hybridized carbons (Fsp3) is 0.304. The van der Waals surface area contributed by atoms with Gasteiger partial charge in [-0.25, -0.2) is 4.79 Å². The molecule has 0 aromatic heterocycles. The summed E-state index contributed by atoms with van der Waals surface area (Å²) in [4.78, 5) is 62.1. The molecular formula is C23H19N3O8S. The highest BCUT2D eigenvalue weighted by atomic mass is 32.2. The van der Waals surface area contributed by atoms with E-state index in [1.54, 1.807) is 12.1 Å². The number of β-lactam (4-membered cyclic amide) rings is 1. The maximum Gasteiger partial charge on any atom is 0.374 e. The van der Waals surface area contributed by atoms with Crippen molar-refractivity contribution < 1.29 is 33.6 Å². The Hall–Kier alpha value is -3.93. The Morgan fingerprint density at radius 1 is 1.14 bits per heavy atom. The molecule has 0 saturated carbocycles. The van der Waals surface area contributed by atoms with Crippen LogP contribution >= 0.6 is 11.8 Å². The number of benzene rings is 2. The first-order chi connectivity index (χ1) is 16.8.